The summed E-state index contributed by atoms with van der Waals surface area (Å²) < 4.78 is 19.7. The van der Waals surface area contributed by atoms with Crippen LogP contribution in [0.5, 0.6) is 0 Å². The molecule has 2 aliphatic heterocycles. The zero-order chi connectivity index (χ0) is 15.8. The number of aryl methyl sites for hydroxylation is 1. The molecule has 122 valence electrons. The number of nitrogens with zero attached hydrogens (tertiary/aromatic N) is 2. The zero-order valence-corrected chi connectivity index (χ0v) is 14.0. The van der Waals surface area contributed by atoms with Gasteiger partial charge in [0.05, 0.1) is 23.9 Å². The van der Waals surface area contributed by atoms with Crippen LogP contribution in [0.4, 0.5) is 0 Å². The summed E-state index contributed by atoms with van der Waals surface area (Å²) in [6, 6.07) is 0. The second-order valence-corrected chi connectivity index (χ2v) is 7.11. The van der Waals surface area contributed by atoms with Crippen LogP contribution in [-0.2, 0) is 20.6 Å². The molecule has 22 heavy (non-hydrogen) atoms. The third-order valence-corrected chi connectivity index (χ3v) is 4.86. The van der Waals surface area contributed by atoms with Crippen molar-refractivity contribution >= 4 is 12.6 Å². The van der Waals surface area contributed by atoms with Gasteiger partial charge in [-0.1, -0.05) is 0 Å². The lowest BCUT2D eigenvalue weighted by molar-refractivity contribution is 0.00578. The van der Waals surface area contributed by atoms with Crippen LogP contribution in [0, 0.1) is 0 Å². The van der Waals surface area contributed by atoms with Crippen molar-refractivity contribution in [3.63, 3.8) is 0 Å². The molecule has 7 heteroatoms. The van der Waals surface area contributed by atoms with Crippen molar-refractivity contribution in [3.05, 3.63) is 12.4 Å². The van der Waals surface area contributed by atoms with Gasteiger partial charge >= 0.3 is 7.12 Å². The van der Waals surface area contributed by atoms with Crippen LogP contribution in [0.2, 0.25) is 0 Å². The Labute approximate surface area is 132 Å². The zero-order valence-electron chi connectivity index (χ0n) is 14.0. The molecule has 0 spiro atoms. The van der Waals surface area contributed by atoms with Gasteiger partial charge in [0.25, 0.3) is 0 Å². The normalized spacial score (nSPS) is 27.3. The Kier molecular flexibility index (Phi) is 4.33. The molecule has 0 bridgehead atoms. The summed E-state index contributed by atoms with van der Waals surface area (Å²) in [5.74, 6) is 0. The van der Waals surface area contributed by atoms with Crippen LogP contribution < -0.4 is 10.8 Å². The van der Waals surface area contributed by atoms with Crippen LogP contribution in [0.15, 0.2) is 12.4 Å². The Morgan fingerprint density at radius 2 is 2.05 bits per heavy atom. The molecule has 3 rings (SSSR count). The monoisotopic (exact) mass is 307 g/mol. The van der Waals surface area contributed by atoms with Gasteiger partial charge in [0.15, 0.2) is 0 Å². The first-order chi connectivity index (χ1) is 10.4. The summed E-state index contributed by atoms with van der Waals surface area (Å²) in [4.78, 5) is 0. The Morgan fingerprint density at radius 3 is 2.68 bits per heavy atom. The highest BCUT2D eigenvalue weighted by molar-refractivity contribution is 6.61. The fourth-order valence-corrected chi connectivity index (χ4v) is 2.68. The highest BCUT2D eigenvalue weighted by atomic mass is 16.7. The minimum atomic E-state index is -0.341. The fourth-order valence-electron chi connectivity index (χ4n) is 2.68. The molecular formula is C15H26BN3O3. The van der Waals surface area contributed by atoms with Crippen molar-refractivity contribution < 1.29 is 14.0 Å². The summed E-state index contributed by atoms with van der Waals surface area (Å²) in [6.45, 7) is 11.7. The van der Waals surface area contributed by atoms with E-state index in [2.05, 4.69) is 38.1 Å². The first-order valence-corrected chi connectivity index (χ1v) is 8.08. The van der Waals surface area contributed by atoms with Crippen molar-refractivity contribution in [1.82, 2.24) is 15.1 Å². The first-order valence-electron chi connectivity index (χ1n) is 8.08. The summed E-state index contributed by atoms with van der Waals surface area (Å²) >= 11 is 0. The van der Waals surface area contributed by atoms with E-state index < -0.39 is 0 Å². The molecule has 0 aliphatic carbocycles. The standard InChI is InChI=1S/C15H26BN3O3/c1-14(2)15(3,4)22-16(21-14)12-9-18-19(11-12)7-5-13-10-17-6-8-20-13/h9,11,13,17H,5-8,10H2,1-4H3. The molecule has 2 aliphatic rings. The Morgan fingerprint density at radius 1 is 1.32 bits per heavy atom. The average molecular weight is 307 g/mol. The molecule has 1 unspecified atom stereocenters. The molecule has 0 amide bonds. The van der Waals surface area contributed by atoms with Gasteiger partial charge in [0, 0.05) is 37.5 Å². The van der Waals surface area contributed by atoms with E-state index in [9.17, 15) is 0 Å². The number of rotatable bonds is 4. The quantitative estimate of drug-likeness (QED) is 0.824. The van der Waals surface area contributed by atoms with E-state index in [0.717, 1.165) is 38.1 Å². The molecule has 6 nitrogen and oxygen atoms in total. The molecular weight excluding hydrogens is 281 g/mol. The lowest BCUT2D eigenvalue weighted by Gasteiger charge is -2.32. The fraction of sp³-hybridized carbons (Fsp3) is 0.800. The molecule has 3 heterocycles. The lowest BCUT2D eigenvalue weighted by atomic mass is 9.82. The molecule has 1 aromatic heterocycles. The van der Waals surface area contributed by atoms with Crippen LogP contribution in [0.1, 0.15) is 34.1 Å². The molecule has 1 atom stereocenters. The van der Waals surface area contributed by atoms with E-state index in [4.69, 9.17) is 14.0 Å². The SMILES string of the molecule is CC1(C)OB(c2cnn(CCC3CNCCO3)c2)OC1(C)C. The summed E-state index contributed by atoms with van der Waals surface area (Å²) in [5.41, 5.74) is 0.337. The van der Waals surface area contributed by atoms with Gasteiger partial charge in [-0.15, -0.1) is 0 Å². The first kappa shape index (κ1) is 16.0. The molecule has 2 fully saturated rings. The molecule has 1 N–H and O–H groups in total. The van der Waals surface area contributed by atoms with Crippen molar-refractivity contribution in [2.24, 2.45) is 0 Å². The maximum atomic E-state index is 6.05. The molecule has 2 saturated heterocycles. The van der Waals surface area contributed by atoms with Crippen LogP contribution in [0.3, 0.4) is 0 Å². The third kappa shape index (κ3) is 3.22. The second kappa shape index (κ2) is 5.96. The van der Waals surface area contributed by atoms with Gasteiger partial charge in [-0.3, -0.25) is 4.68 Å². The van der Waals surface area contributed by atoms with Gasteiger partial charge < -0.3 is 19.4 Å². The minimum Gasteiger partial charge on any atom is -0.399 e. The van der Waals surface area contributed by atoms with Crippen molar-refractivity contribution in [2.45, 2.75) is 58.0 Å². The number of nitrogens with one attached hydrogen (secondary N) is 1. The summed E-state index contributed by atoms with van der Waals surface area (Å²) in [7, 11) is -0.341. The molecule has 0 aromatic carbocycles. The van der Waals surface area contributed by atoms with E-state index in [1.54, 1.807) is 0 Å². The van der Waals surface area contributed by atoms with Crippen LogP contribution in [-0.4, -0.2) is 53.9 Å². The number of ether oxygens (including phenoxy) is 1. The predicted molar refractivity (Wildman–Crippen MR) is 85.2 cm³/mol. The van der Waals surface area contributed by atoms with Gasteiger partial charge in [0.1, 0.15) is 0 Å². The van der Waals surface area contributed by atoms with E-state index in [-0.39, 0.29) is 24.4 Å². The number of aromatic nitrogens is 2. The predicted octanol–water partition coefficient (Wildman–Crippen LogP) is 0.561. The van der Waals surface area contributed by atoms with Crippen LogP contribution in [0.25, 0.3) is 0 Å². The summed E-state index contributed by atoms with van der Waals surface area (Å²) in [5, 5.41) is 7.77. The van der Waals surface area contributed by atoms with Crippen molar-refractivity contribution in [3.8, 4) is 0 Å². The maximum absolute atomic E-state index is 6.05. The minimum absolute atomic E-state index is 0.276. The highest BCUT2D eigenvalue weighted by Gasteiger charge is 2.52. The van der Waals surface area contributed by atoms with E-state index in [1.807, 2.05) is 17.1 Å². The molecule has 0 saturated carbocycles. The van der Waals surface area contributed by atoms with E-state index in [0.29, 0.717) is 0 Å². The van der Waals surface area contributed by atoms with Gasteiger partial charge in [-0.05, 0) is 34.1 Å². The smallest absolute Gasteiger partial charge is 0.399 e. The Bertz CT molecular complexity index is 496. The Balaban J connectivity index is 1.57. The second-order valence-electron chi connectivity index (χ2n) is 7.11. The van der Waals surface area contributed by atoms with Crippen molar-refractivity contribution in [2.75, 3.05) is 19.7 Å². The van der Waals surface area contributed by atoms with Gasteiger partial charge in [-0.2, -0.15) is 5.10 Å². The van der Waals surface area contributed by atoms with Crippen LogP contribution >= 0.6 is 0 Å². The molecule has 0 radical (unpaired) electrons. The summed E-state index contributed by atoms with van der Waals surface area (Å²) in [6.07, 6.45) is 5.08. The third-order valence-electron chi connectivity index (χ3n) is 4.86. The highest BCUT2D eigenvalue weighted by Crippen LogP contribution is 2.36. The van der Waals surface area contributed by atoms with Gasteiger partial charge in [0.2, 0.25) is 0 Å². The topological polar surface area (TPSA) is 57.5 Å². The lowest BCUT2D eigenvalue weighted by Crippen LogP contribution is -2.41. The maximum Gasteiger partial charge on any atom is 0.498 e. The van der Waals surface area contributed by atoms with Crippen molar-refractivity contribution in [1.29, 1.82) is 0 Å². The van der Waals surface area contributed by atoms with Gasteiger partial charge in [-0.25, -0.2) is 0 Å². The number of hydrogen-bond acceptors (Lipinski definition) is 5. The number of morpholine rings is 1. The Hall–Kier alpha value is -0.885. The molecule has 1 aromatic rings. The van der Waals surface area contributed by atoms with E-state index in [1.165, 1.54) is 0 Å². The average Bonchev–Trinajstić information content (AvgIpc) is 3.01. The number of hydrogen-bond donors (Lipinski definition) is 1. The van der Waals surface area contributed by atoms with E-state index >= 15 is 0 Å². The largest absolute Gasteiger partial charge is 0.498 e.